The molecule has 0 aliphatic carbocycles. The number of benzene rings is 2. The van der Waals surface area contributed by atoms with Gasteiger partial charge >= 0.3 is 6.03 Å². The topological polar surface area (TPSA) is 102 Å². The first kappa shape index (κ1) is 20.3. The molecule has 1 saturated heterocycles. The zero-order valence-corrected chi connectivity index (χ0v) is 16.9. The summed E-state index contributed by atoms with van der Waals surface area (Å²) < 4.78 is 0. The van der Waals surface area contributed by atoms with Gasteiger partial charge in [-0.3, -0.25) is 14.5 Å². The predicted molar refractivity (Wildman–Crippen MR) is 109 cm³/mol. The molecule has 2 aromatic carbocycles. The van der Waals surface area contributed by atoms with Crippen LogP contribution in [0.1, 0.15) is 33.3 Å². The van der Waals surface area contributed by atoms with E-state index >= 15 is 0 Å². The Morgan fingerprint density at radius 2 is 1.90 bits per heavy atom. The number of nitriles is 1. The van der Waals surface area contributed by atoms with E-state index in [0.29, 0.717) is 5.56 Å². The van der Waals surface area contributed by atoms with E-state index in [4.69, 9.17) is 0 Å². The Morgan fingerprint density at radius 1 is 1.24 bits per heavy atom. The van der Waals surface area contributed by atoms with E-state index in [1.54, 1.807) is 19.9 Å². The van der Waals surface area contributed by atoms with Gasteiger partial charge in [0.2, 0.25) is 5.91 Å². The maximum Gasteiger partial charge on any atom is 0.325 e. The highest BCUT2D eigenvalue weighted by Crippen LogP contribution is 2.33. The van der Waals surface area contributed by atoms with E-state index in [1.165, 1.54) is 0 Å². The van der Waals surface area contributed by atoms with Crippen LogP contribution >= 0.6 is 0 Å². The number of carbonyl (C=O) groups excluding carboxylic acids is 3. The Kier molecular flexibility index (Phi) is 5.05. The molecule has 2 atom stereocenters. The van der Waals surface area contributed by atoms with Crippen molar-refractivity contribution >= 4 is 28.6 Å². The summed E-state index contributed by atoms with van der Waals surface area (Å²) in [5.41, 5.74) is -1.70. The van der Waals surface area contributed by atoms with E-state index in [2.05, 4.69) is 16.7 Å². The summed E-state index contributed by atoms with van der Waals surface area (Å²) in [6.45, 7) is 6.43. The van der Waals surface area contributed by atoms with Crippen molar-refractivity contribution in [3.05, 3.63) is 48.0 Å². The Bertz CT molecular complexity index is 1040. The Morgan fingerprint density at radius 3 is 2.55 bits per heavy atom. The summed E-state index contributed by atoms with van der Waals surface area (Å²) in [4.78, 5) is 39.1. The largest absolute Gasteiger partial charge is 0.336 e. The zero-order chi connectivity index (χ0) is 21.4. The van der Waals surface area contributed by atoms with Gasteiger partial charge in [0.15, 0.2) is 0 Å². The molecule has 29 heavy (non-hydrogen) atoms. The monoisotopic (exact) mass is 392 g/mol. The summed E-state index contributed by atoms with van der Waals surface area (Å²) >= 11 is 0. The predicted octanol–water partition coefficient (Wildman–Crippen LogP) is 2.66. The standard InChI is InChI=1S/C22H24N4O3/c1-14(2)21(3,13-23)24-18(27)12-26-19(28)22(4,25-20(26)29)17-11-7-9-15-8-5-6-10-16(15)17/h5-11,14H,12H2,1-4H3,(H,24,27)(H,25,29)/t21-,22+/m1/s1. The van der Waals surface area contributed by atoms with Gasteiger partial charge in [-0.1, -0.05) is 56.3 Å². The normalized spacial score (nSPS) is 21.0. The summed E-state index contributed by atoms with van der Waals surface area (Å²) in [6.07, 6.45) is 0. The molecule has 3 rings (SSSR count). The molecule has 0 aromatic heterocycles. The first-order valence-electron chi connectivity index (χ1n) is 9.47. The molecule has 0 unspecified atom stereocenters. The molecule has 1 aliphatic rings. The van der Waals surface area contributed by atoms with Crippen LogP contribution in [0, 0.1) is 17.2 Å². The van der Waals surface area contributed by atoms with Crippen molar-refractivity contribution in [1.82, 2.24) is 15.5 Å². The number of hydrogen-bond donors (Lipinski definition) is 2. The number of imide groups is 1. The number of fused-ring (bicyclic) bond motifs is 1. The van der Waals surface area contributed by atoms with Gasteiger partial charge in [0.1, 0.15) is 17.6 Å². The molecule has 2 aromatic rings. The SMILES string of the molecule is CC(C)[C@@](C)(C#N)NC(=O)CN1C(=O)N[C@@](C)(c2cccc3ccccc23)C1=O. The number of nitrogens with zero attached hydrogens (tertiary/aromatic N) is 2. The van der Waals surface area contributed by atoms with Gasteiger partial charge in [0.05, 0.1) is 6.07 Å². The molecule has 150 valence electrons. The lowest BCUT2D eigenvalue weighted by atomic mass is 9.87. The maximum atomic E-state index is 13.2. The van der Waals surface area contributed by atoms with Crippen LogP contribution < -0.4 is 10.6 Å². The lowest BCUT2D eigenvalue weighted by Gasteiger charge is -2.28. The lowest BCUT2D eigenvalue weighted by molar-refractivity contribution is -0.135. The van der Waals surface area contributed by atoms with Crippen LogP contribution in [0.5, 0.6) is 0 Å². The van der Waals surface area contributed by atoms with E-state index in [1.807, 2.05) is 50.2 Å². The van der Waals surface area contributed by atoms with Crippen molar-refractivity contribution < 1.29 is 14.4 Å². The van der Waals surface area contributed by atoms with Gasteiger partial charge < -0.3 is 10.6 Å². The molecule has 1 heterocycles. The minimum atomic E-state index is -1.28. The first-order valence-corrected chi connectivity index (χ1v) is 9.47. The van der Waals surface area contributed by atoms with Gasteiger partial charge in [0.25, 0.3) is 5.91 Å². The third-order valence-corrected chi connectivity index (χ3v) is 5.69. The van der Waals surface area contributed by atoms with E-state index in [-0.39, 0.29) is 5.92 Å². The Hall–Kier alpha value is -3.40. The van der Waals surface area contributed by atoms with Gasteiger partial charge in [-0.05, 0) is 36.1 Å². The number of nitrogens with one attached hydrogen (secondary N) is 2. The second-order valence-electron chi connectivity index (χ2n) is 7.99. The van der Waals surface area contributed by atoms with Gasteiger partial charge in [-0.2, -0.15) is 5.26 Å². The van der Waals surface area contributed by atoms with Crippen molar-refractivity contribution in [2.75, 3.05) is 6.54 Å². The summed E-state index contributed by atoms with van der Waals surface area (Å²) in [6, 6.07) is 14.6. The van der Waals surface area contributed by atoms with Crippen LogP contribution in [0.25, 0.3) is 10.8 Å². The number of urea groups is 1. The average molecular weight is 392 g/mol. The van der Waals surface area contributed by atoms with Crippen molar-refractivity contribution in [2.24, 2.45) is 5.92 Å². The third kappa shape index (κ3) is 3.42. The molecule has 4 amide bonds. The van der Waals surface area contributed by atoms with Crippen LogP contribution in [0.4, 0.5) is 4.79 Å². The highest BCUT2D eigenvalue weighted by atomic mass is 16.2. The maximum absolute atomic E-state index is 13.2. The average Bonchev–Trinajstić information content (AvgIpc) is 2.91. The first-order chi connectivity index (χ1) is 13.6. The smallest absolute Gasteiger partial charge is 0.325 e. The molecular weight excluding hydrogens is 368 g/mol. The Balaban J connectivity index is 1.88. The highest BCUT2D eigenvalue weighted by Gasteiger charge is 2.50. The molecule has 0 bridgehead atoms. The lowest BCUT2D eigenvalue weighted by Crippen LogP contribution is -2.52. The van der Waals surface area contributed by atoms with Crippen LogP contribution in [-0.2, 0) is 15.1 Å². The number of hydrogen-bond acceptors (Lipinski definition) is 4. The minimum Gasteiger partial charge on any atom is -0.336 e. The van der Waals surface area contributed by atoms with Crippen LogP contribution in [-0.4, -0.2) is 34.8 Å². The quantitative estimate of drug-likeness (QED) is 0.764. The fourth-order valence-electron chi connectivity index (χ4n) is 3.46. The minimum absolute atomic E-state index is 0.138. The van der Waals surface area contributed by atoms with Crippen LogP contribution in [0.15, 0.2) is 42.5 Å². The summed E-state index contributed by atoms with van der Waals surface area (Å²) in [5.74, 6) is -1.20. The fraction of sp³-hybridized carbons (Fsp3) is 0.364. The second-order valence-corrected chi connectivity index (χ2v) is 7.99. The number of amides is 4. The third-order valence-electron chi connectivity index (χ3n) is 5.69. The molecule has 1 fully saturated rings. The molecule has 2 N–H and O–H groups in total. The van der Waals surface area contributed by atoms with Crippen molar-refractivity contribution in [3.63, 3.8) is 0 Å². The van der Waals surface area contributed by atoms with Crippen molar-refractivity contribution in [1.29, 1.82) is 5.26 Å². The molecule has 7 nitrogen and oxygen atoms in total. The van der Waals surface area contributed by atoms with Crippen LogP contribution in [0.2, 0.25) is 0 Å². The molecule has 7 heteroatoms. The van der Waals surface area contributed by atoms with Crippen LogP contribution in [0.3, 0.4) is 0 Å². The summed E-state index contributed by atoms with van der Waals surface area (Å²) in [7, 11) is 0. The van der Waals surface area contributed by atoms with Gasteiger partial charge in [-0.15, -0.1) is 0 Å². The molecule has 1 aliphatic heterocycles. The molecule has 0 spiro atoms. The van der Waals surface area contributed by atoms with E-state index in [9.17, 15) is 19.6 Å². The number of rotatable bonds is 5. The zero-order valence-electron chi connectivity index (χ0n) is 16.9. The van der Waals surface area contributed by atoms with Crippen molar-refractivity contribution in [3.8, 4) is 6.07 Å². The Labute approximate surface area is 169 Å². The van der Waals surface area contributed by atoms with E-state index < -0.39 is 35.5 Å². The summed E-state index contributed by atoms with van der Waals surface area (Å²) in [5, 5.41) is 16.6. The number of carbonyl (C=O) groups is 3. The molecule has 0 saturated carbocycles. The van der Waals surface area contributed by atoms with E-state index in [0.717, 1.165) is 15.7 Å². The second kappa shape index (κ2) is 7.21. The van der Waals surface area contributed by atoms with Gasteiger partial charge in [-0.25, -0.2) is 4.79 Å². The highest BCUT2D eigenvalue weighted by molar-refractivity contribution is 6.10. The molecular formula is C22H24N4O3. The van der Waals surface area contributed by atoms with Gasteiger partial charge in [0, 0.05) is 0 Å². The van der Waals surface area contributed by atoms with Crippen molar-refractivity contribution in [2.45, 2.75) is 38.8 Å². The fourth-order valence-corrected chi connectivity index (χ4v) is 3.46. The molecule has 0 radical (unpaired) electrons.